The van der Waals surface area contributed by atoms with Crippen molar-refractivity contribution in [2.24, 2.45) is 0 Å². The fourth-order valence-corrected chi connectivity index (χ4v) is 6.94. The summed E-state index contributed by atoms with van der Waals surface area (Å²) in [5.41, 5.74) is 2.27. The molecule has 0 spiro atoms. The van der Waals surface area contributed by atoms with Gasteiger partial charge in [0.25, 0.3) is 0 Å². The van der Waals surface area contributed by atoms with Crippen LogP contribution in [0.15, 0.2) is 39.6 Å². The van der Waals surface area contributed by atoms with Crippen molar-refractivity contribution in [2.45, 2.75) is 74.9 Å². The summed E-state index contributed by atoms with van der Waals surface area (Å²) in [5.74, 6) is 1.50. The number of ether oxygens (including phenoxy) is 2. The van der Waals surface area contributed by atoms with Gasteiger partial charge in [-0.3, -0.25) is 4.98 Å². The fourth-order valence-electron chi connectivity index (χ4n) is 6.40. The molecule has 4 saturated carbocycles. The Labute approximate surface area is 251 Å². The molecule has 8 rings (SSSR count). The second kappa shape index (κ2) is 10.4. The number of aromatic nitrogens is 4. The largest absolute Gasteiger partial charge is 0.497 e. The molecule has 218 valence electrons. The van der Waals surface area contributed by atoms with E-state index in [2.05, 4.69) is 15.3 Å². The Morgan fingerprint density at radius 2 is 1.74 bits per heavy atom. The maximum absolute atomic E-state index is 11.6. The molecule has 4 aliphatic carbocycles. The summed E-state index contributed by atoms with van der Waals surface area (Å²) >= 11 is 13.0. The SMILES string of the molecule is COc1cc(C(=O)O)cc(-c2noc(C34CCC(OCc5c(-c6c(Cl)cncc6Cl)noc5C5CC5)(CC3)CC4)n2)c1. The van der Waals surface area contributed by atoms with Crippen molar-refractivity contribution < 1.29 is 28.4 Å². The second-order valence-electron chi connectivity index (χ2n) is 11.6. The molecule has 1 N–H and O–H groups in total. The van der Waals surface area contributed by atoms with Gasteiger partial charge >= 0.3 is 5.97 Å². The number of hydrogen-bond donors (Lipinski definition) is 1. The van der Waals surface area contributed by atoms with E-state index in [1.165, 1.54) is 19.2 Å². The summed E-state index contributed by atoms with van der Waals surface area (Å²) in [4.78, 5) is 20.4. The molecular weight excluding hydrogens is 583 g/mol. The van der Waals surface area contributed by atoms with E-state index in [1.807, 2.05) is 0 Å². The normalized spacial score (nSPS) is 23.3. The Morgan fingerprint density at radius 1 is 1.02 bits per heavy atom. The van der Waals surface area contributed by atoms with Gasteiger partial charge in [0.1, 0.15) is 17.2 Å². The van der Waals surface area contributed by atoms with Crippen LogP contribution in [0.3, 0.4) is 0 Å². The molecular formula is C30H28Cl2N4O6. The van der Waals surface area contributed by atoms with Crippen LogP contribution in [0.25, 0.3) is 22.6 Å². The molecule has 0 saturated heterocycles. The summed E-state index contributed by atoms with van der Waals surface area (Å²) in [6.07, 6.45) is 10.3. The average molecular weight is 611 g/mol. The molecule has 0 atom stereocenters. The van der Waals surface area contributed by atoms with E-state index >= 15 is 0 Å². The minimum atomic E-state index is -1.05. The first-order chi connectivity index (χ1) is 20.3. The zero-order valence-corrected chi connectivity index (χ0v) is 24.4. The fraction of sp³-hybridized carbons (Fsp3) is 0.433. The Kier molecular flexibility index (Phi) is 6.75. The number of nitrogens with zero attached hydrogens (tertiary/aromatic N) is 4. The minimum Gasteiger partial charge on any atom is -0.497 e. The van der Waals surface area contributed by atoms with Crippen molar-refractivity contribution in [3.8, 4) is 28.4 Å². The number of pyridine rings is 1. The number of aromatic carboxylic acids is 1. The molecule has 0 unspecified atom stereocenters. The van der Waals surface area contributed by atoms with Crippen molar-refractivity contribution in [1.82, 2.24) is 20.3 Å². The molecule has 12 heteroatoms. The number of methoxy groups -OCH3 is 1. The first kappa shape index (κ1) is 27.4. The van der Waals surface area contributed by atoms with E-state index in [0.29, 0.717) is 56.9 Å². The first-order valence-electron chi connectivity index (χ1n) is 14.0. The maximum Gasteiger partial charge on any atom is 0.335 e. The lowest BCUT2D eigenvalue weighted by atomic mass is 9.58. The van der Waals surface area contributed by atoms with Crippen LogP contribution in [0, 0.1) is 0 Å². The van der Waals surface area contributed by atoms with Gasteiger partial charge in [0, 0.05) is 35.0 Å². The maximum atomic E-state index is 11.6. The molecule has 42 heavy (non-hydrogen) atoms. The second-order valence-corrected chi connectivity index (χ2v) is 12.4. The van der Waals surface area contributed by atoms with Crippen LogP contribution in [0.4, 0.5) is 0 Å². The monoisotopic (exact) mass is 610 g/mol. The highest BCUT2D eigenvalue weighted by atomic mass is 35.5. The number of carboxylic acids is 1. The van der Waals surface area contributed by atoms with Crippen LogP contribution in [-0.2, 0) is 16.8 Å². The molecule has 2 bridgehead atoms. The van der Waals surface area contributed by atoms with Gasteiger partial charge in [0.2, 0.25) is 11.7 Å². The highest BCUT2D eigenvalue weighted by Crippen LogP contribution is 2.55. The van der Waals surface area contributed by atoms with Crippen LogP contribution in [0.1, 0.15) is 84.9 Å². The molecule has 0 amide bonds. The number of halogens is 2. The summed E-state index contributed by atoms with van der Waals surface area (Å²) in [7, 11) is 1.49. The third-order valence-electron chi connectivity index (χ3n) is 9.08. The van der Waals surface area contributed by atoms with Crippen molar-refractivity contribution in [3.63, 3.8) is 0 Å². The van der Waals surface area contributed by atoms with Crippen molar-refractivity contribution in [3.05, 3.63) is 63.4 Å². The van der Waals surface area contributed by atoms with E-state index in [0.717, 1.165) is 62.7 Å². The first-order valence-corrected chi connectivity index (χ1v) is 14.7. The lowest BCUT2D eigenvalue weighted by molar-refractivity contribution is -0.130. The number of fused-ring (bicyclic) bond motifs is 3. The van der Waals surface area contributed by atoms with Gasteiger partial charge in [0.05, 0.1) is 40.3 Å². The summed E-state index contributed by atoms with van der Waals surface area (Å²) in [6.45, 7) is 0.360. The minimum absolute atomic E-state index is 0.0976. The third kappa shape index (κ3) is 4.75. The summed E-state index contributed by atoms with van der Waals surface area (Å²) < 4.78 is 23.6. The van der Waals surface area contributed by atoms with Crippen LogP contribution in [0.2, 0.25) is 10.0 Å². The highest BCUT2D eigenvalue weighted by Gasteiger charge is 2.53. The van der Waals surface area contributed by atoms with Crippen LogP contribution in [0.5, 0.6) is 5.75 Å². The van der Waals surface area contributed by atoms with Gasteiger partial charge in [0.15, 0.2) is 0 Å². The predicted molar refractivity (Wildman–Crippen MR) is 152 cm³/mol. The average Bonchev–Trinajstić information content (AvgIpc) is 3.56. The summed E-state index contributed by atoms with van der Waals surface area (Å²) in [6, 6.07) is 4.70. The third-order valence-corrected chi connectivity index (χ3v) is 9.66. The summed E-state index contributed by atoms with van der Waals surface area (Å²) in [5, 5.41) is 18.9. The van der Waals surface area contributed by atoms with Gasteiger partial charge in [-0.1, -0.05) is 33.5 Å². The van der Waals surface area contributed by atoms with Gasteiger partial charge in [-0.2, -0.15) is 4.98 Å². The van der Waals surface area contributed by atoms with Gasteiger partial charge < -0.3 is 23.6 Å². The van der Waals surface area contributed by atoms with Gasteiger partial charge in [-0.15, -0.1) is 0 Å². The van der Waals surface area contributed by atoms with E-state index in [1.54, 1.807) is 18.5 Å². The number of carboxylic acid groups (broad SMARTS) is 1. The van der Waals surface area contributed by atoms with E-state index in [-0.39, 0.29) is 16.6 Å². The zero-order valence-electron chi connectivity index (χ0n) is 22.9. The van der Waals surface area contributed by atoms with Gasteiger partial charge in [-0.25, -0.2) is 4.79 Å². The lowest BCUT2D eigenvalue weighted by Gasteiger charge is -2.51. The standard InChI is InChI=1S/C30H28Cl2N4O6/c1-39-19-11-17(10-18(12-19)27(37)38)26-34-28(42-36-26)29-4-7-30(8-5-29,9-6-29)40-15-20-24(35-41-25(20)16-2-3-16)23-21(31)13-33-14-22(23)32/h10-14,16H,2-9,15H2,1H3,(H,37,38). The molecule has 10 nitrogen and oxygen atoms in total. The predicted octanol–water partition coefficient (Wildman–Crippen LogP) is 7.24. The smallest absolute Gasteiger partial charge is 0.335 e. The van der Waals surface area contributed by atoms with Crippen molar-refractivity contribution in [1.29, 1.82) is 0 Å². The Bertz CT molecular complexity index is 1640. The van der Waals surface area contributed by atoms with Crippen molar-refractivity contribution >= 4 is 29.2 Å². The molecule has 0 radical (unpaired) electrons. The Morgan fingerprint density at radius 3 is 2.38 bits per heavy atom. The van der Waals surface area contributed by atoms with Crippen molar-refractivity contribution in [2.75, 3.05) is 7.11 Å². The lowest BCUT2D eigenvalue weighted by Crippen LogP contribution is -2.49. The highest BCUT2D eigenvalue weighted by molar-refractivity contribution is 6.38. The molecule has 4 aromatic rings. The Balaban J connectivity index is 1.09. The molecule has 3 aromatic heterocycles. The number of carbonyl (C=O) groups is 1. The van der Waals surface area contributed by atoms with E-state index in [4.69, 9.17) is 46.7 Å². The quantitative estimate of drug-likeness (QED) is 0.206. The molecule has 0 aliphatic heterocycles. The van der Waals surface area contributed by atoms with Crippen LogP contribution >= 0.6 is 23.2 Å². The van der Waals surface area contributed by atoms with Gasteiger partial charge in [-0.05, 0) is 69.6 Å². The number of hydrogen-bond acceptors (Lipinski definition) is 9. The topological polar surface area (TPSA) is 134 Å². The molecule has 3 heterocycles. The number of benzene rings is 1. The molecule has 4 aliphatic rings. The van der Waals surface area contributed by atoms with E-state index in [9.17, 15) is 9.90 Å². The Hall–Kier alpha value is -3.47. The molecule has 4 fully saturated rings. The van der Waals surface area contributed by atoms with E-state index < -0.39 is 5.97 Å². The van der Waals surface area contributed by atoms with Crippen LogP contribution < -0.4 is 4.74 Å². The number of rotatable bonds is 9. The van der Waals surface area contributed by atoms with Crippen LogP contribution in [-0.4, -0.2) is 44.1 Å². The zero-order chi connectivity index (χ0) is 29.1. The molecule has 1 aromatic carbocycles.